The van der Waals surface area contributed by atoms with Gasteiger partial charge in [0.1, 0.15) is 0 Å². The normalized spacial score (nSPS) is 9.86. The Hall–Kier alpha value is 1.17. The van der Waals surface area contributed by atoms with E-state index in [1.165, 1.54) is 64.2 Å². The molecule has 0 radical (unpaired) electrons. The molecule has 2 heteroatoms. The topological polar surface area (TPSA) is 0 Å². The van der Waals surface area contributed by atoms with Gasteiger partial charge in [-0.2, -0.15) is 12.6 Å². The first kappa shape index (κ1) is 17.6. The van der Waals surface area contributed by atoms with Gasteiger partial charge in [0.05, 0.1) is 0 Å². The van der Waals surface area contributed by atoms with E-state index in [4.69, 9.17) is 0 Å². The Morgan fingerprint density at radius 3 is 1.36 bits per heavy atom. The summed E-state index contributed by atoms with van der Waals surface area (Å²) in [5.41, 5.74) is 0. The standard InChI is InChI=1S/C12H26S.Sb.3H/c1-2-3-4-5-6-7-8-9-10-11-12-13;;;;/h13H,2-12H2,1H3;;;;. The molecule has 0 aliphatic carbocycles. The number of hydrogen-bond donors (Lipinski definition) is 1. The van der Waals surface area contributed by atoms with Gasteiger partial charge in [0.2, 0.25) is 0 Å². The van der Waals surface area contributed by atoms with Gasteiger partial charge in [-0.1, -0.05) is 64.7 Å². The first-order valence-corrected chi connectivity index (χ1v) is 6.66. The average molecular weight is 327 g/mol. The molecule has 0 aromatic heterocycles. The molecule has 0 saturated carbocycles. The monoisotopic (exact) mass is 326 g/mol. The molecule has 0 N–H and O–H groups in total. The van der Waals surface area contributed by atoms with Crippen molar-refractivity contribution in [2.75, 3.05) is 5.75 Å². The van der Waals surface area contributed by atoms with Gasteiger partial charge in [-0.05, 0) is 12.2 Å². The molecular formula is C12H29SSb. The molecule has 0 aromatic rings. The number of thiol groups is 1. The van der Waals surface area contributed by atoms with E-state index in [2.05, 4.69) is 19.6 Å². The number of unbranched alkanes of at least 4 members (excludes halogenated alkanes) is 9. The van der Waals surface area contributed by atoms with Gasteiger partial charge in [0, 0.05) is 0 Å². The van der Waals surface area contributed by atoms with Gasteiger partial charge < -0.3 is 0 Å². The molecule has 0 aliphatic rings. The molecule has 0 rings (SSSR count). The van der Waals surface area contributed by atoms with E-state index >= 15 is 0 Å². The maximum atomic E-state index is 4.20. The molecule has 88 valence electrons. The molecule has 0 aliphatic heterocycles. The second-order valence-corrected chi connectivity index (χ2v) is 4.35. The van der Waals surface area contributed by atoms with Crippen molar-refractivity contribution in [1.29, 1.82) is 0 Å². The van der Waals surface area contributed by atoms with Crippen LogP contribution in [0.4, 0.5) is 0 Å². The van der Waals surface area contributed by atoms with E-state index in [0.29, 0.717) is 0 Å². The quantitative estimate of drug-likeness (QED) is 0.353. The fraction of sp³-hybridized carbons (Fsp3) is 1.00. The molecule has 0 amide bonds. The van der Waals surface area contributed by atoms with Gasteiger partial charge in [0.25, 0.3) is 0 Å². The molecule has 0 aromatic carbocycles. The second-order valence-electron chi connectivity index (χ2n) is 3.91. The average Bonchev–Trinajstić information content (AvgIpc) is 2.16. The summed E-state index contributed by atoms with van der Waals surface area (Å²) in [4.78, 5) is 0. The number of hydrogen-bond acceptors (Lipinski definition) is 1. The van der Waals surface area contributed by atoms with Crippen LogP contribution in [0.25, 0.3) is 0 Å². The predicted octanol–water partition coefficient (Wildman–Crippen LogP) is 3.65. The summed E-state index contributed by atoms with van der Waals surface area (Å²) in [7, 11) is 0. The summed E-state index contributed by atoms with van der Waals surface area (Å²) in [6.07, 6.45) is 14.2. The van der Waals surface area contributed by atoms with Crippen molar-refractivity contribution in [3.63, 3.8) is 0 Å². The summed E-state index contributed by atoms with van der Waals surface area (Å²) in [5.74, 6) is 1.07. The van der Waals surface area contributed by atoms with Gasteiger partial charge >= 0.3 is 24.4 Å². The third kappa shape index (κ3) is 15.6. The fourth-order valence-corrected chi connectivity index (χ4v) is 1.82. The van der Waals surface area contributed by atoms with Crippen molar-refractivity contribution in [3.05, 3.63) is 0 Å². The van der Waals surface area contributed by atoms with E-state index in [-0.39, 0.29) is 24.4 Å². The van der Waals surface area contributed by atoms with Gasteiger partial charge in [-0.25, -0.2) is 0 Å². The van der Waals surface area contributed by atoms with E-state index in [0.717, 1.165) is 5.75 Å². The van der Waals surface area contributed by atoms with Crippen LogP contribution in [0.3, 0.4) is 0 Å². The van der Waals surface area contributed by atoms with Crippen LogP contribution < -0.4 is 0 Å². The van der Waals surface area contributed by atoms with Crippen LogP contribution >= 0.6 is 12.6 Å². The Labute approximate surface area is 113 Å². The molecule has 0 heterocycles. The van der Waals surface area contributed by atoms with E-state index < -0.39 is 0 Å². The molecule has 0 saturated heterocycles. The summed E-state index contributed by atoms with van der Waals surface area (Å²) in [6.45, 7) is 2.28. The molecule has 0 spiro atoms. The molecule has 0 bridgehead atoms. The Balaban J connectivity index is 0. The summed E-state index contributed by atoms with van der Waals surface area (Å²) >= 11 is 4.20. The third-order valence-electron chi connectivity index (χ3n) is 2.51. The SMILES string of the molecule is CCCCCCCCCCCCS.[SbH3]. The molecular weight excluding hydrogens is 298 g/mol. The Bertz CT molecular complexity index is 76.4. The zero-order chi connectivity index (χ0) is 9.78. The van der Waals surface area contributed by atoms with Gasteiger partial charge in [-0.3, -0.25) is 0 Å². The zero-order valence-corrected chi connectivity index (χ0v) is 14.9. The van der Waals surface area contributed by atoms with Crippen molar-refractivity contribution in [2.45, 2.75) is 71.1 Å². The van der Waals surface area contributed by atoms with Crippen molar-refractivity contribution >= 4 is 37.1 Å². The molecule has 0 unspecified atom stereocenters. The van der Waals surface area contributed by atoms with E-state index in [9.17, 15) is 0 Å². The van der Waals surface area contributed by atoms with Crippen LogP contribution in [-0.2, 0) is 0 Å². The first-order chi connectivity index (χ1) is 6.41. The van der Waals surface area contributed by atoms with E-state index in [1.54, 1.807) is 0 Å². The predicted molar refractivity (Wildman–Crippen MR) is 75.6 cm³/mol. The minimum atomic E-state index is 0. The van der Waals surface area contributed by atoms with Crippen molar-refractivity contribution < 1.29 is 0 Å². The van der Waals surface area contributed by atoms with Crippen molar-refractivity contribution in [2.24, 2.45) is 0 Å². The van der Waals surface area contributed by atoms with Gasteiger partial charge in [0.15, 0.2) is 0 Å². The fourth-order valence-electron chi connectivity index (χ4n) is 1.60. The number of rotatable bonds is 10. The van der Waals surface area contributed by atoms with Gasteiger partial charge in [-0.15, -0.1) is 0 Å². The Morgan fingerprint density at radius 1 is 0.643 bits per heavy atom. The van der Waals surface area contributed by atoms with Crippen LogP contribution in [0.2, 0.25) is 0 Å². The Morgan fingerprint density at radius 2 is 1.00 bits per heavy atom. The van der Waals surface area contributed by atoms with Crippen molar-refractivity contribution in [3.8, 4) is 0 Å². The van der Waals surface area contributed by atoms with Crippen LogP contribution in [0.15, 0.2) is 0 Å². The van der Waals surface area contributed by atoms with Crippen LogP contribution in [-0.4, -0.2) is 30.2 Å². The maximum absolute atomic E-state index is 4.20. The minimum absolute atomic E-state index is 0. The van der Waals surface area contributed by atoms with Crippen LogP contribution in [0.1, 0.15) is 71.1 Å². The van der Waals surface area contributed by atoms with Crippen LogP contribution in [0, 0.1) is 0 Å². The first-order valence-electron chi connectivity index (χ1n) is 6.02. The summed E-state index contributed by atoms with van der Waals surface area (Å²) < 4.78 is 0. The summed E-state index contributed by atoms with van der Waals surface area (Å²) in [5, 5.41) is 0. The molecule has 0 fully saturated rings. The third-order valence-corrected chi connectivity index (χ3v) is 2.83. The molecule has 14 heavy (non-hydrogen) atoms. The van der Waals surface area contributed by atoms with Crippen LogP contribution in [0.5, 0.6) is 0 Å². The van der Waals surface area contributed by atoms with Crippen molar-refractivity contribution in [1.82, 2.24) is 0 Å². The second kappa shape index (κ2) is 16.6. The molecule has 0 nitrogen and oxygen atoms in total. The summed E-state index contributed by atoms with van der Waals surface area (Å²) in [6, 6.07) is 0. The van der Waals surface area contributed by atoms with E-state index in [1.807, 2.05) is 0 Å². The zero-order valence-electron chi connectivity index (χ0n) is 9.93. The molecule has 0 atom stereocenters. The Kier molecular flexibility index (Phi) is 20.8.